The predicted octanol–water partition coefficient (Wildman–Crippen LogP) is 1.74. The van der Waals surface area contributed by atoms with E-state index < -0.39 is 5.54 Å². The molecule has 0 fully saturated rings. The van der Waals surface area contributed by atoms with Crippen molar-refractivity contribution >= 4 is 5.97 Å². The third-order valence-corrected chi connectivity index (χ3v) is 2.90. The summed E-state index contributed by atoms with van der Waals surface area (Å²) in [5.74, 6) is 1.02. The van der Waals surface area contributed by atoms with E-state index in [1.54, 1.807) is 28.1 Å². The number of para-hydroxylation sites is 1. The molecule has 0 unspecified atom stereocenters. The van der Waals surface area contributed by atoms with Crippen molar-refractivity contribution in [3.8, 4) is 11.5 Å². The van der Waals surface area contributed by atoms with Gasteiger partial charge in [-0.05, 0) is 19.9 Å². The second kappa shape index (κ2) is 6.43. The van der Waals surface area contributed by atoms with Crippen LogP contribution in [0.2, 0.25) is 0 Å². The molecule has 1 aromatic rings. The molecule has 0 saturated heterocycles. The van der Waals surface area contributed by atoms with Crippen LogP contribution in [-0.2, 0) is 16.1 Å². The molecule has 0 spiro atoms. The SMILES string of the molecule is COC(=O)C(C)(C)NCc1cccc(OC)c1OC. The highest BCUT2D eigenvalue weighted by molar-refractivity contribution is 5.79. The van der Waals surface area contributed by atoms with Crippen LogP contribution >= 0.6 is 0 Å². The zero-order chi connectivity index (χ0) is 14.5. The van der Waals surface area contributed by atoms with Crippen LogP contribution in [-0.4, -0.2) is 32.8 Å². The van der Waals surface area contributed by atoms with E-state index in [4.69, 9.17) is 14.2 Å². The zero-order valence-corrected chi connectivity index (χ0v) is 12.1. The first kappa shape index (κ1) is 15.3. The molecule has 5 heteroatoms. The lowest BCUT2D eigenvalue weighted by Gasteiger charge is -2.24. The van der Waals surface area contributed by atoms with Crippen molar-refractivity contribution in [2.75, 3.05) is 21.3 Å². The molecule has 1 N–H and O–H groups in total. The van der Waals surface area contributed by atoms with Crippen LogP contribution in [0.3, 0.4) is 0 Å². The lowest BCUT2D eigenvalue weighted by atomic mass is 10.1. The normalized spacial score (nSPS) is 11.0. The Morgan fingerprint density at radius 1 is 1.21 bits per heavy atom. The molecule has 0 heterocycles. The van der Waals surface area contributed by atoms with Crippen molar-refractivity contribution in [2.45, 2.75) is 25.9 Å². The summed E-state index contributed by atoms with van der Waals surface area (Å²) in [6, 6.07) is 5.62. The van der Waals surface area contributed by atoms with E-state index in [2.05, 4.69) is 5.32 Å². The van der Waals surface area contributed by atoms with Crippen LogP contribution in [0, 0.1) is 0 Å². The fourth-order valence-electron chi connectivity index (χ4n) is 1.74. The smallest absolute Gasteiger partial charge is 0.325 e. The molecule has 5 nitrogen and oxygen atoms in total. The number of methoxy groups -OCH3 is 3. The Bertz CT molecular complexity index is 443. The van der Waals surface area contributed by atoms with Gasteiger partial charge in [0.1, 0.15) is 5.54 Å². The van der Waals surface area contributed by atoms with Crippen LogP contribution in [0.5, 0.6) is 11.5 Å². The number of hydrogen-bond donors (Lipinski definition) is 1. The Morgan fingerprint density at radius 2 is 1.89 bits per heavy atom. The summed E-state index contributed by atoms with van der Waals surface area (Å²) >= 11 is 0. The minimum atomic E-state index is -0.761. The van der Waals surface area contributed by atoms with Gasteiger partial charge in [-0.2, -0.15) is 0 Å². The number of hydrogen-bond acceptors (Lipinski definition) is 5. The van der Waals surface area contributed by atoms with Gasteiger partial charge in [0.25, 0.3) is 0 Å². The summed E-state index contributed by atoms with van der Waals surface area (Å²) < 4.78 is 15.3. The van der Waals surface area contributed by atoms with Crippen LogP contribution in [0.15, 0.2) is 18.2 Å². The van der Waals surface area contributed by atoms with Crippen LogP contribution in [0.4, 0.5) is 0 Å². The second-order valence-corrected chi connectivity index (χ2v) is 4.62. The van der Waals surface area contributed by atoms with Crippen molar-refractivity contribution in [2.24, 2.45) is 0 Å². The molecule has 0 bridgehead atoms. The Balaban J connectivity index is 2.86. The van der Waals surface area contributed by atoms with Gasteiger partial charge in [0.2, 0.25) is 0 Å². The minimum absolute atomic E-state index is 0.311. The van der Waals surface area contributed by atoms with Gasteiger partial charge in [-0.15, -0.1) is 0 Å². The fraction of sp³-hybridized carbons (Fsp3) is 0.500. The highest BCUT2D eigenvalue weighted by Gasteiger charge is 2.28. The number of benzene rings is 1. The zero-order valence-electron chi connectivity index (χ0n) is 12.1. The number of ether oxygens (including phenoxy) is 3. The molecule has 0 saturated carbocycles. The molecule has 1 rings (SSSR count). The van der Waals surface area contributed by atoms with Gasteiger partial charge in [-0.1, -0.05) is 12.1 Å². The summed E-state index contributed by atoms with van der Waals surface area (Å²) in [5.41, 5.74) is 0.155. The summed E-state index contributed by atoms with van der Waals surface area (Å²) in [6.45, 7) is 4.01. The molecule has 0 amide bonds. The van der Waals surface area contributed by atoms with Gasteiger partial charge in [0, 0.05) is 12.1 Å². The average Bonchev–Trinajstić information content (AvgIpc) is 2.43. The lowest BCUT2D eigenvalue weighted by Crippen LogP contribution is -2.47. The van der Waals surface area contributed by atoms with Gasteiger partial charge in [-0.25, -0.2) is 0 Å². The highest BCUT2D eigenvalue weighted by atomic mass is 16.5. The summed E-state index contributed by atoms with van der Waals surface area (Å²) in [7, 11) is 4.55. The van der Waals surface area contributed by atoms with E-state index in [0.717, 1.165) is 5.56 Å². The predicted molar refractivity (Wildman–Crippen MR) is 72.5 cm³/mol. The third kappa shape index (κ3) is 3.61. The molecule has 1 aromatic carbocycles. The number of nitrogens with one attached hydrogen (secondary N) is 1. The van der Waals surface area contributed by atoms with Crippen molar-refractivity contribution in [1.82, 2.24) is 5.32 Å². The summed E-state index contributed by atoms with van der Waals surface area (Å²) in [5, 5.41) is 3.14. The maximum atomic E-state index is 11.6. The molecule has 19 heavy (non-hydrogen) atoms. The Labute approximate surface area is 113 Å². The minimum Gasteiger partial charge on any atom is -0.493 e. The van der Waals surface area contributed by atoms with Gasteiger partial charge in [-0.3, -0.25) is 10.1 Å². The molecule has 0 radical (unpaired) electrons. The Hall–Kier alpha value is -1.75. The van der Waals surface area contributed by atoms with Gasteiger partial charge < -0.3 is 14.2 Å². The first-order chi connectivity index (χ1) is 8.96. The first-order valence-electron chi connectivity index (χ1n) is 5.99. The summed E-state index contributed by atoms with van der Waals surface area (Å²) in [6.07, 6.45) is 0. The average molecular weight is 267 g/mol. The van der Waals surface area contributed by atoms with E-state index in [1.165, 1.54) is 7.11 Å². The lowest BCUT2D eigenvalue weighted by molar-refractivity contribution is -0.147. The molecule has 0 aliphatic carbocycles. The van der Waals surface area contributed by atoms with Gasteiger partial charge in [0.05, 0.1) is 21.3 Å². The van der Waals surface area contributed by atoms with Crippen molar-refractivity contribution in [3.05, 3.63) is 23.8 Å². The number of esters is 1. The maximum absolute atomic E-state index is 11.6. The van der Waals surface area contributed by atoms with E-state index in [0.29, 0.717) is 18.0 Å². The molecule has 0 atom stereocenters. The topological polar surface area (TPSA) is 56.8 Å². The summed E-state index contributed by atoms with van der Waals surface area (Å²) in [4.78, 5) is 11.6. The number of rotatable bonds is 6. The van der Waals surface area contributed by atoms with E-state index in [9.17, 15) is 4.79 Å². The largest absolute Gasteiger partial charge is 0.493 e. The molecular formula is C14H21NO4. The maximum Gasteiger partial charge on any atom is 0.325 e. The quantitative estimate of drug-likeness (QED) is 0.796. The monoisotopic (exact) mass is 267 g/mol. The van der Waals surface area contributed by atoms with Crippen molar-refractivity contribution < 1.29 is 19.0 Å². The number of carbonyl (C=O) groups is 1. The standard InChI is InChI=1S/C14H21NO4/c1-14(2,13(16)19-5)15-9-10-7-6-8-11(17-3)12(10)18-4/h6-8,15H,9H2,1-5H3. The number of carbonyl (C=O) groups excluding carboxylic acids is 1. The van der Waals surface area contributed by atoms with Crippen LogP contribution in [0.25, 0.3) is 0 Å². The molecule has 0 aliphatic heterocycles. The molecule has 106 valence electrons. The van der Waals surface area contributed by atoms with Crippen LogP contribution in [0.1, 0.15) is 19.4 Å². The molecular weight excluding hydrogens is 246 g/mol. The van der Waals surface area contributed by atoms with Gasteiger partial charge in [0.15, 0.2) is 11.5 Å². The molecule has 0 aromatic heterocycles. The highest BCUT2D eigenvalue weighted by Crippen LogP contribution is 2.30. The fourth-order valence-corrected chi connectivity index (χ4v) is 1.74. The van der Waals surface area contributed by atoms with Gasteiger partial charge >= 0.3 is 5.97 Å². The van der Waals surface area contributed by atoms with E-state index >= 15 is 0 Å². The van der Waals surface area contributed by atoms with Crippen molar-refractivity contribution in [1.29, 1.82) is 0 Å². The second-order valence-electron chi connectivity index (χ2n) is 4.62. The third-order valence-electron chi connectivity index (χ3n) is 2.90. The van der Waals surface area contributed by atoms with E-state index in [1.807, 2.05) is 18.2 Å². The Morgan fingerprint density at radius 3 is 2.42 bits per heavy atom. The van der Waals surface area contributed by atoms with E-state index in [-0.39, 0.29) is 5.97 Å². The Kier molecular flexibility index (Phi) is 5.18. The first-order valence-corrected chi connectivity index (χ1v) is 5.99. The van der Waals surface area contributed by atoms with Crippen molar-refractivity contribution in [3.63, 3.8) is 0 Å². The molecule has 0 aliphatic rings. The van der Waals surface area contributed by atoms with Crippen LogP contribution < -0.4 is 14.8 Å².